The fourth-order valence-electron chi connectivity index (χ4n) is 0.401. The molecule has 0 aromatic rings. The van der Waals surface area contributed by atoms with Crippen molar-refractivity contribution in [2.45, 2.75) is 32.6 Å². The molecule has 0 rings (SSSR count). The van der Waals surface area contributed by atoms with Gasteiger partial charge in [-0.2, -0.15) is 0 Å². The van der Waals surface area contributed by atoms with Crippen LogP contribution in [0.1, 0.15) is 20.8 Å². The van der Waals surface area contributed by atoms with Crippen LogP contribution in [0.4, 0.5) is 0 Å². The van der Waals surface area contributed by atoms with Gasteiger partial charge in [0.05, 0.1) is 0 Å². The third-order valence-corrected chi connectivity index (χ3v) is 2.15. The van der Waals surface area contributed by atoms with Crippen molar-refractivity contribution in [3.8, 4) is 0 Å². The molecule has 0 fully saturated rings. The third-order valence-electron chi connectivity index (χ3n) is 0.985. The first-order valence-corrected chi connectivity index (χ1v) is 4.79. The Morgan fingerprint density at radius 2 is 2.08 bits per heavy atom. The summed E-state index contributed by atoms with van der Waals surface area (Å²) in [6.45, 7) is 5.15. The van der Waals surface area contributed by atoms with E-state index in [1.54, 1.807) is 20.8 Å². The normalized spacial score (nSPS) is 17.7. The third kappa shape index (κ3) is 5.57. The Morgan fingerprint density at radius 1 is 1.58 bits per heavy atom. The van der Waals surface area contributed by atoms with Crippen LogP contribution in [-0.2, 0) is 13.6 Å². The molecule has 0 saturated carbocycles. The second-order valence-corrected chi connectivity index (χ2v) is 3.83. The van der Waals surface area contributed by atoms with E-state index < -0.39 is 14.0 Å². The molecule has 0 spiro atoms. The Kier molecular flexibility index (Phi) is 4.82. The monoisotopic (exact) mass is 195 g/mol. The van der Waals surface area contributed by atoms with Crippen LogP contribution in [0.5, 0.6) is 0 Å². The minimum Gasteiger partial charge on any atom is -0.327 e. The Balaban J connectivity index is 3.84. The van der Waals surface area contributed by atoms with Crippen molar-refractivity contribution in [1.29, 1.82) is 0 Å². The van der Waals surface area contributed by atoms with Gasteiger partial charge in [0.1, 0.15) is 6.10 Å². The van der Waals surface area contributed by atoms with Crippen LogP contribution in [0.15, 0.2) is 0 Å². The number of nitrogens with two attached hydrogens (primary N) is 2. The zero-order valence-corrected chi connectivity index (χ0v) is 8.51. The summed E-state index contributed by atoms with van der Waals surface area (Å²) < 4.78 is 20.7. The van der Waals surface area contributed by atoms with Crippen molar-refractivity contribution in [1.82, 2.24) is 0 Å². The average molecular weight is 195 g/mol. The van der Waals surface area contributed by atoms with Gasteiger partial charge in [0.2, 0.25) is 0 Å². The van der Waals surface area contributed by atoms with Gasteiger partial charge in [-0.15, -0.1) is 4.52 Å². The summed E-state index contributed by atoms with van der Waals surface area (Å²) in [5, 5.41) is 0. The topological polar surface area (TPSA) is 87.6 Å². The van der Waals surface area contributed by atoms with E-state index >= 15 is 0 Å². The summed E-state index contributed by atoms with van der Waals surface area (Å²) in [5.74, 6) is 0. The molecule has 0 aliphatic heterocycles. The molecule has 0 radical (unpaired) electrons. The number of hydrogen-bond donors (Lipinski definition) is 2. The summed E-state index contributed by atoms with van der Waals surface area (Å²) in [5.41, 5.74) is 9.65. The predicted molar refractivity (Wildman–Crippen MR) is 46.6 cm³/mol. The first-order valence-electron chi connectivity index (χ1n) is 3.69. The highest BCUT2D eigenvalue weighted by Crippen LogP contribution is 2.29. The van der Waals surface area contributed by atoms with E-state index in [1.807, 2.05) is 0 Å². The Hall–Kier alpha value is -0.0600. The maximum Gasteiger partial charge on any atom is 0.699 e. The van der Waals surface area contributed by atoms with Gasteiger partial charge in [0, 0.05) is 11.1 Å². The van der Waals surface area contributed by atoms with E-state index in [0.29, 0.717) is 0 Å². The largest absolute Gasteiger partial charge is 0.699 e. The molecule has 0 aliphatic rings. The van der Waals surface area contributed by atoms with Gasteiger partial charge in [-0.05, 0) is 20.8 Å². The zero-order chi connectivity index (χ0) is 9.78. The van der Waals surface area contributed by atoms with Gasteiger partial charge >= 0.3 is 8.25 Å². The molecule has 0 saturated heterocycles. The minimum atomic E-state index is -2.17. The smallest absolute Gasteiger partial charge is 0.327 e. The summed E-state index contributed by atoms with van der Waals surface area (Å²) >= 11 is 0. The van der Waals surface area contributed by atoms with Gasteiger partial charge in [-0.25, -0.2) is 0 Å². The second-order valence-electron chi connectivity index (χ2n) is 2.99. The van der Waals surface area contributed by atoms with E-state index in [9.17, 15) is 4.57 Å². The lowest BCUT2D eigenvalue weighted by Crippen LogP contribution is -2.44. The first-order chi connectivity index (χ1) is 5.37. The fraction of sp³-hybridized carbons (Fsp3) is 1.00. The summed E-state index contributed by atoms with van der Waals surface area (Å²) in [4.78, 5) is 0. The van der Waals surface area contributed by atoms with Crippen molar-refractivity contribution in [2.75, 3.05) is 6.54 Å². The van der Waals surface area contributed by atoms with Gasteiger partial charge < -0.3 is 5.73 Å². The lowest BCUT2D eigenvalue weighted by molar-refractivity contribution is 0.0783. The lowest BCUT2D eigenvalue weighted by Gasteiger charge is -2.13. The Labute approximate surface area is 73.3 Å². The molecule has 0 bridgehead atoms. The average Bonchev–Trinajstić information content (AvgIpc) is 1.84. The molecule has 4 N–H and O–H groups in total. The maximum atomic E-state index is 11.0. The molecule has 12 heavy (non-hydrogen) atoms. The molecular formula is C6H16N2O3P+. The molecule has 2 unspecified atom stereocenters. The number of hydrogen-bond acceptors (Lipinski definition) is 5. The van der Waals surface area contributed by atoms with Crippen LogP contribution >= 0.6 is 8.25 Å². The Morgan fingerprint density at radius 3 is 2.42 bits per heavy atom. The molecule has 2 atom stereocenters. The molecule has 0 aliphatic carbocycles. The summed E-state index contributed by atoms with van der Waals surface area (Å²) in [7, 11) is -2.17. The van der Waals surface area contributed by atoms with Crippen LogP contribution in [0.2, 0.25) is 0 Å². The van der Waals surface area contributed by atoms with Crippen LogP contribution in [0, 0.1) is 0 Å². The van der Waals surface area contributed by atoms with Crippen molar-refractivity contribution < 1.29 is 13.6 Å². The molecule has 0 heterocycles. The minimum absolute atomic E-state index is 0.0928. The molecule has 72 valence electrons. The SMILES string of the molecule is CC(C)O[P+](=O)OC(C)(N)CN. The molecule has 0 amide bonds. The van der Waals surface area contributed by atoms with Crippen LogP contribution in [0.3, 0.4) is 0 Å². The summed E-state index contributed by atoms with van der Waals surface area (Å²) in [6, 6.07) is 0. The van der Waals surface area contributed by atoms with Crippen molar-refractivity contribution >= 4 is 8.25 Å². The van der Waals surface area contributed by atoms with E-state index in [-0.39, 0.29) is 12.6 Å². The van der Waals surface area contributed by atoms with E-state index in [1.165, 1.54) is 0 Å². The van der Waals surface area contributed by atoms with E-state index in [2.05, 4.69) is 0 Å². The van der Waals surface area contributed by atoms with Crippen LogP contribution in [-0.4, -0.2) is 18.4 Å². The van der Waals surface area contributed by atoms with Crippen molar-refractivity contribution in [3.05, 3.63) is 0 Å². The molecule has 5 nitrogen and oxygen atoms in total. The van der Waals surface area contributed by atoms with Crippen LogP contribution < -0.4 is 11.5 Å². The van der Waals surface area contributed by atoms with Gasteiger partial charge in [0.25, 0.3) is 0 Å². The Bertz CT molecular complexity index is 161. The van der Waals surface area contributed by atoms with Gasteiger partial charge in [-0.3, -0.25) is 5.73 Å². The predicted octanol–water partition coefficient (Wildman–Crippen LogP) is 0.719. The maximum absolute atomic E-state index is 11.0. The number of rotatable bonds is 5. The highest BCUT2D eigenvalue weighted by molar-refractivity contribution is 7.33. The first kappa shape index (κ1) is 11.9. The fourth-order valence-corrected chi connectivity index (χ4v) is 1.20. The van der Waals surface area contributed by atoms with Crippen molar-refractivity contribution in [2.24, 2.45) is 11.5 Å². The molecule has 0 aromatic carbocycles. The van der Waals surface area contributed by atoms with Gasteiger partial charge in [0.15, 0.2) is 5.72 Å². The lowest BCUT2D eigenvalue weighted by atomic mass is 10.3. The molecule has 6 heteroatoms. The molecular weight excluding hydrogens is 179 g/mol. The van der Waals surface area contributed by atoms with Gasteiger partial charge in [-0.1, -0.05) is 4.52 Å². The van der Waals surface area contributed by atoms with Crippen LogP contribution in [0.25, 0.3) is 0 Å². The standard InChI is InChI=1S/C6H16N2O3P/c1-5(2)10-12(9)11-6(3,8)4-7/h5H,4,7-8H2,1-3H3/q+1. The van der Waals surface area contributed by atoms with Crippen molar-refractivity contribution in [3.63, 3.8) is 0 Å². The summed E-state index contributed by atoms with van der Waals surface area (Å²) in [6.07, 6.45) is -0.151. The quantitative estimate of drug-likeness (QED) is 0.498. The molecule has 0 aromatic heterocycles. The van der Waals surface area contributed by atoms with E-state index in [0.717, 1.165) is 0 Å². The highest BCUT2D eigenvalue weighted by atomic mass is 31.1. The van der Waals surface area contributed by atoms with E-state index in [4.69, 9.17) is 20.5 Å². The second kappa shape index (κ2) is 4.84. The highest BCUT2D eigenvalue weighted by Gasteiger charge is 2.34. The zero-order valence-electron chi connectivity index (χ0n) is 7.61.